The summed E-state index contributed by atoms with van der Waals surface area (Å²) in [7, 11) is -0.524. The fraction of sp³-hybridized carbons (Fsp3) is 0.458. The first-order valence-electron chi connectivity index (χ1n) is 21.3. The van der Waals surface area contributed by atoms with E-state index in [0.717, 1.165) is 58.8 Å². The number of nitrogens with one attached hydrogen (secondary N) is 1. The van der Waals surface area contributed by atoms with Crippen LogP contribution in [-0.4, -0.2) is 93.3 Å². The van der Waals surface area contributed by atoms with Crippen LogP contribution < -0.4 is 24.9 Å². The SMILES string of the molecule is CCOc1ccc2c(c1)CC(NCCCCO)C(=O)N2c1ccc(CC[C@@H]2O[C@H](CC(=O)N(CCO)Cc3ccccc3)[C@@H]([Si](C)(C)c3ccc(OC)cc3)[C@@H]2C)cc1. The summed E-state index contributed by atoms with van der Waals surface area (Å²) in [6.07, 6.45) is 3.59. The van der Waals surface area contributed by atoms with Gasteiger partial charge in [0.05, 0.1) is 58.8 Å². The average molecular weight is 822 g/mol. The molecule has 2 heterocycles. The maximum Gasteiger partial charge on any atom is 0.249 e. The zero-order valence-corrected chi connectivity index (χ0v) is 36.4. The molecule has 316 valence electrons. The highest BCUT2D eigenvalue weighted by Gasteiger charge is 2.51. The number of carbonyl (C=O) groups excluding carboxylic acids is 2. The van der Waals surface area contributed by atoms with Crippen LogP contribution in [0, 0.1) is 5.92 Å². The molecule has 3 N–H and O–H groups in total. The van der Waals surface area contributed by atoms with Crippen LogP contribution in [0.5, 0.6) is 11.5 Å². The van der Waals surface area contributed by atoms with Gasteiger partial charge in [-0.15, -0.1) is 0 Å². The van der Waals surface area contributed by atoms with Crippen molar-refractivity contribution < 1.29 is 34.0 Å². The lowest BCUT2D eigenvalue weighted by molar-refractivity contribution is -0.135. The number of nitrogens with zero attached hydrogens (tertiary/aromatic N) is 2. The van der Waals surface area contributed by atoms with Crippen LogP contribution in [0.2, 0.25) is 18.6 Å². The van der Waals surface area contributed by atoms with E-state index in [1.54, 1.807) is 12.0 Å². The fourth-order valence-corrected chi connectivity index (χ4v) is 13.3. The summed E-state index contributed by atoms with van der Waals surface area (Å²) in [5.74, 6) is 1.81. The number of anilines is 2. The van der Waals surface area contributed by atoms with E-state index in [2.05, 4.69) is 49.6 Å². The Labute approximate surface area is 351 Å². The number of amides is 2. The van der Waals surface area contributed by atoms with Crippen LogP contribution in [0.25, 0.3) is 0 Å². The number of fused-ring (bicyclic) bond motifs is 1. The lowest BCUT2D eigenvalue weighted by atomic mass is 9.94. The van der Waals surface area contributed by atoms with Gasteiger partial charge in [-0.25, -0.2) is 0 Å². The minimum absolute atomic E-state index is 0.00295. The average Bonchev–Trinajstić information content (AvgIpc) is 3.56. The van der Waals surface area contributed by atoms with E-state index in [4.69, 9.17) is 14.2 Å². The molecular formula is C48H63N3O7Si. The number of aliphatic hydroxyl groups is 2. The van der Waals surface area contributed by atoms with Crippen molar-refractivity contribution in [1.29, 1.82) is 0 Å². The van der Waals surface area contributed by atoms with Crippen LogP contribution in [0.15, 0.2) is 97.1 Å². The van der Waals surface area contributed by atoms with E-state index < -0.39 is 8.07 Å². The first-order chi connectivity index (χ1) is 28.6. The second-order valence-electron chi connectivity index (χ2n) is 16.5. The third kappa shape index (κ3) is 10.6. The Morgan fingerprint density at radius 1 is 0.915 bits per heavy atom. The minimum Gasteiger partial charge on any atom is -0.497 e. The monoisotopic (exact) mass is 821 g/mol. The molecule has 0 spiro atoms. The van der Waals surface area contributed by atoms with Gasteiger partial charge < -0.3 is 34.6 Å². The number of aliphatic hydroxyl groups excluding tert-OH is 2. The summed E-state index contributed by atoms with van der Waals surface area (Å²) in [5, 5.41) is 23.9. The zero-order valence-electron chi connectivity index (χ0n) is 35.4. The number of carbonyl (C=O) groups is 2. The third-order valence-electron chi connectivity index (χ3n) is 12.3. The van der Waals surface area contributed by atoms with Crippen molar-refractivity contribution in [2.75, 3.05) is 44.9 Å². The molecule has 0 aliphatic carbocycles. The normalized spacial score (nSPS) is 20.4. The molecule has 4 aromatic carbocycles. The quantitative estimate of drug-likeness (QED) is 0.0660. The molecule has 1 saturated heterocycles. The summed E-state index contributed by atoms with van der Waals surface area (Å²) in [6.45, 7) is 11.0. The number of hydrogen-bond acceptors (Lipinski definition) is 8. The number of hydrogen-bond donors (Lipinski definition) is 3. The number of unbranched alkanes of at least 4 members (excludes halogenated alkanes) is 1. The fourth-order valence-electron chi connectivity index (χ4n) is 9.20. The first-order valence-corrected chi connectivity index (χ1v) is 24.4. The Balaban J connectivity index is 1.20. The molecule has 2 amide bonds. The molecule has 1 unspecified atom stereocenters. The smallest absolute Gasteiger partial charge is 0.249 e. The standard InChI is InChI=1S/C48H63N3O7Si/c1-6-57-40-21-24-43-37(30-40)31-42(49-26-10-11-28-52)48(55)51(43)38-17-14-35(15-18-38)16-25-44-34(2)47(59(4,5)41-22-19-39(56-3)20-23-41)45(58-44)32-46(54)50(27-29-53)33-36-12-8-7-9-13-36/h7-9,12-15,17-24,30,34,42,44-45,47,49,52-53H,6,10-11,16,25-29,31-33H2,1-5H3/t34-,42?,44+,45-,47+/m1/s1. The zero-order chi connectivity index (χ0) is 41.9. The van der Waals surface area contributed by atoms with Gasteiger partial charge in [0.15, 0.2) is 0 Å². The van der Waals surface area contributed by atoms with Crippen LogP contribution >= 0.6 is 0 Å². The van der Waals surface area contributed by atoms with Gasteiger partial charge in [0, 0.05) is 25.4 Å². The van der Waals surface area contributed by atoms with Gasteiger partial charge in [-0.1, -0.05) is 79.8 Å². The summed E-state index contributed by atoms with van der Waals surface area (Å²) in [6, 6.07) is 32.2. The summed E-state index contributed by atoms with van der Waals surface area (Å²) < 4.78 is 18.3. The van der Waals surface area contributed by atoms with Crippen molar-refractivity contribution in [3.05, 3.63) is 114 Å². The Bertz CT molecular complexity index is 1960. The predicted molar refractivity (Wildman–Crippen MR) is 237 cm³/mol. The largest absolute Gasteiger partial charge is 0.497 e. The molecule has 0 radical (unpaired) electrons. The molecule has 2 aliphatic heterocycles. The second kappa shape index (κ2) is 20.6. The Kier molecular flexibility index (Phi) is 15.4. The van der Waals surface area contributed by atoms with Gasteiger partial charge >= 0.3 is 0 Å². The predicted octanol–water partition coefficient (Wildman–Crippen LogP) is 6.78. The van der Waals surface area contributed by atoms with Gasteiger partial charge in [0.2, 0.25) is 11.8 Å². The van der Waals surface area contributed by atoms with Gasteiger partial charge in [-0.3, -0.25) is 14.5 Å². The number of rotatable bonds is 20. The molecular weight excluding hydrogens is 759 g/mol. The first kappa shape index (κ1) is 44.0. The molecule has 0 aromatic heterocycles. The van der Waals surface area contributed by atoms with Crippen molar-refractivity contribution in [2.24, 2.45) is 5.92 Å². The number of ether oxygens (including phenoxy) is 3. The molecule has 11 heteroatoms. The van der Waals surface area contributed by atoms with Crippen molar-refractivity contribution in [1.82, 2.24) is 10.2 Å². The Morgan fingerprint density at radius 2 is 1.64 bits per heavy atom. The van der Waals surface area contributed by atoms with Gasteiger partial charge in [0.25, 0.3) is 0 Å². The maximum absolute atomic E-state index is 14.1. The van der Waals surface area contributed by atoms with Crippen LogP contribution in [-0.2, 0) is 33.7 Å². The molecule has 4 aromatic rings. The van der Waals surface area contributed by atoms with Crippen LogP contribution in [0.1, 0.15) is 56.2 Å². The molecule has 2 aliphatic rings. The van der Waals surface area contributed by atoms with E-state index in [1.807, 2.05) is 84.6 Å². The van der Waals surface area contributed by atoms with Crippen molar-refractivity contribution in [3.63, 3.8) is 0 Å². The minimum atomic E-state index is -2.20. The molecule has 1 fully saturated rings. The van der Waals surface area contributed by atoms with Gasteiger partial charge in [0.1, 0.15) is 11.5 Å². The highest BCUT2D eigenvalue weighted by atomic mass is 28.3. The van der Waals surface area contributed by atoms with Gasteiger partial charge in [-0.2, -0.15) is 0 Å². The lowest BCUT2D eigenvalue weighted by Crippen LogP contribution is -2.51. The van der Waals surface area contributed by atoms with E-state index in [0.29, 0.717) is 32.5 Å². The Hall–Kier alpha value is -4.52. The van der Waals surface area contributed by atoms with E-state index in [-0.39, 0.29) is 67.7 Å². The van der Waals surface area contributed by atoms with Crippen LogP contribution in [0.4, 0.5) is 11.4 Å². The van der Waals surface area contributed by atoms with Crippen molar-refractivity contribution in [2.45, 2.75) is 95.8 Å². The van der Waals surface area contributed by atoms with Crippen molar-refractivity contribution >= 4 is 36.4 Å². The van der Waals surface area contributed by atoms with E-state index in [1.165, 1.54) is 5.19 Å². The molecule has 0 saturated carbocycles. The molecule has 59 heavy (non-hydrogen) atoms. The molecule has 10 nitrogen and oxygen atoms in total. The highest BCUT2D eigenvalue weighted by molar-refractivity contribution is 6.91. The highest BCUT2D eigenvalue weighted by Crippen LogP contribution is 2.47. The van der Waals surface area contributed by atoms with E-state index in [9.17, 15) is 19.8 Å². The third-order valence-corrected chi connectivity index (χ3v) is 16.7. The summed E-state index contributed by atoms with van der Waals surface area (Å²) in [5.41, 5.74) is 5.08. The molecule has 0 bridgehead atoms. The van der Waals surface area contributed by atoms with Crippen molar-refractivity contribution in [3.8, 4) is 11.5 Å². The lowest BCUT2D eigenvalue weighted by Gasteiger charge is -2.36. The number of benzene rings is 4. The van der Waals surface area contributed by atoms with E-state index >= 15 is 0 Å². The topological polar surface area (TPSA) is 121 Å². The van der Waals surface area contributed by atoms with Gasteiger partial charge in [-0.05, 0) is 116 Å². The second-order valence-corrected chi connectivity index (χ2v) is 21.2. The Morgan fingerprint density at radius 3 is 2.32 bits per heavy atom. The summed E-state index contributed by atoms with van der Waals surface area (Å²) >= 11 is 0. The summed E-state index contributed by atoms with van der Waals surface area (Å²) in [4.78, 5) is 31.7. The number of methoxy groups -OCH3 is 1. The maximum atomic E-state index is 14.1. The number of aryl methyl sites for hydroxylation is 1. The van der Waals surface area contributed by atoms with Crippen LogP contribution in [0.3, 0.4) is 0 Å². The molecule has 6 rings (SSSR count). The molecule has 5 atom stereocenters.